The molecular weight excluding hydrogens is 364 g/mol. The van der Waals surface area contributed by atoms with E-state index in [4.69, 9.17) is 0 Å². The number of anilines is 1. The number of amides is 1. The molecule has 0 saturated carbocycles. The standard InChI is InChI=1S/C14H14N6O3S2/c1-9(21)19-5-4-10-6-11(2-3-12(10)19)25(22,23)16-7-13-18-20-8-15-17-14(20)24-13/h2-3,6,8,16H,4-5,7H2,1H3. The highest BCUT2D eigenvalue weighted by atomic mass is 32.2. The minimum Gasteiger partial charge on any atom is -0.312 e. The fourth-order valence-electron chi connectivity index (χ4n) is 2.78. The molecule has 0 bridgehead atoms. The van der Waals surface area contributed by atoms with Gasteiger partial charge in [-0.1, -0.05) is 11.3 Å². The lowest BCUT2D eigenvalue weighted by Gasteiger charge is -2.15. The topological polar surface area (TPSA) is 110 Å². The molecule has 1 N–H and O–H groups in total. The molecule has 0 aliphatic carbocycles. The summed E-state index contributed by atoms with van der Waals surface area (Å²) < 4.78 is 29.1. The SMILES string of the molecule is CC(=O)N1CCc2cc(S(=O)(=O)NCc3nn4cnnc4s3)ccc21. The van der Waals surface area contributed by atoms with Gasteiger partial charge in [0.15, 0.2) is 0 Å². The van der Waals surface area contributed by atoms with Gasteiger partial charge in [-0.3, -0.25) is 4.79 Å². The van der Waals surface area contributed by atoms with Gasteiger partial charge in [-0.25, -0.2) is 13.1 Å². The summed E-state index contributed by atoms with van der Waals surface area (Å²) in [6.45, 7) is 2.16. The van der Waals surface area contributed by atoms with Gasteiger partial charge in [-0.15, -0.1) is 10.2 Å². The molecule has 11 heteroatoms. The van der Waals surface area contributed by atoms with Crippen LogP contribution in [-0.4, -0.2) is 40.7 Å². The average molecular weight is 378 g/mol. The first kappa shape index (κ1) is 16.1. The zero-order chi connectivity index (χ0) is 17.6. The van der Waals surface area contributed by atoms with Crippen LogP contribution in [0.25, 0.3) is 4.96 Å². The number of nitrogens with zero attached hydrogens (tertiary/aromatic N) is 5. The summed E-state index contributed by atoms with van der Waals surface area (Å²) in [7, 11) is -3.67. The number of nitrogens with one attached hydrogen (secondary N) is 1. The van der Waals surface area contributed by atoms with Crippen LogP contribution < -0.4 is 9.62 Å². The van der Waals surface area contributed by atoms with Gasteiger partial charge in [-0.2, -0.15) is 9.61 Å². The number of benzene rings is 1. The number of carbonyl (C=O) groups is 1. The van der Waals surface area contributed by atoms with Crippen LogP contribution in [0.1, 0.15) is 17.5 Å². The fraction of sp³-hybridized carbons (Fsp3) is 0.286. The second kappa shape index (κ2) is 5.86. The summed E-state index contributed by atoms with van der Waals surface area (Å²) in [5.41, 5.74) is 1.64. The van der Waals surface area contributed by atoms with Crippen molar-refractivity contribution in [3.8, 4) is 0 Å². The van der Waals surface area contributed by atoms with Crippen molar-refractivity contribution in [3.63, 3.8) is 0 Å². The zero-order valence-corrected chi connectivity index (χ0v) is 14.8. The van der Waals surface area contributed by atoms with Gasteiger partial charge in [0.25, 0.3) is 0 Å². The Labute approximate surface area is 147 Å². The highest BCUT2D eigenvalue weighted by molar-refractivity contribution is 7.89. The van der Waals surface area contributed by atoms with Gasteiger partial charge in [0.1, 0.15) is 11.3 Å². The zero-order valence-electron chi connectivity index (χ0n) is 13.2. The van der Waals surface area contributed by atoms with Crippen LogP contribution >= 0.6 is 11.3 Å². The first-order valence-corrected chi connectivity index (χ1v) is 9.80. The van der Waals surface area contributed by atoms with E-state index in [1.807, 2.05) is 0 Å². The Kier molecular flexibility index (Phi) is 3.78. The Morgan fingerprint density at radius 1 is 1.40 bits per heavy atom. The molecule has 3 heterocycles. The third kappa shape index (κ3) is 2.90. The van der Waals surface area contributed by atoms with Crippen molar-refractivity contribution in [1.29, 1.82) is 0 Å². The maximum Gasteiger partial charge on any atom is 0.240 e. The van der Waals surface area contributed by atoms with Crippen molar-refractivity contribution in [2.24, 2.45) is 0 Å². The fourth-order valence-corrected chi connectivity index (χ4v) is 4.67. The van der Waals surface area contributed by atoms with Crippen LogP contribution in [0, 0.1) is 0 Å². The number of hydrogen-bond donors (Lipinski definition) is 1. The van der Waals surface area contributed by atoms with Crippen molar-refractivity contribution in [2.45, 2.75) is 24.8 Å². The Morgan fingerprint density at radius 3 is 3.00 bits per heavy atom. The molecule has 9 nitrogen and oxygen atoms in total. The molecule has 130 valence electrons. The Morgan fingerprint density at radius 2 is 2.24 bits per heavy atom. The molecule has 0 radical (unpaired) electrons. The lowest BCUT2D eigenvalue weighted by molar-refractivity contribution is -0.116. The average Bonchev–Trinajstić information content (AvgIpc) is 3.26. The third-order valence-electron chi connectivity index (χ3n) is 3.98. The van der Waals surface area contributed by atoms with Crippen LogP contribution in [0.4, 0.5) is 5.69 Å². The molecular formula is C14H14N6O3S2. The molecule has 0 saturated heterocycles. The molecule has 1 aliphatic heterocycles. The number of aromatic nitrogens is 4. The van der Waals surface area contributed by atoms with Gasteiger partial charge in [-0.05, 0) is 30.2 Å². The second-order valence-corrected chi connectivity index (χ2v) is 8.40. The van der Waals surface area contributed by atoms with E-state index in [1.165, 1.54) is 35.2 Å². The minimum atomic E-state index is -3.67. The summed E-state index contributed by atoms with van der Waals surface area (Å²) in [5.74, 6) is -0.0456. The number of fused-ring (bicyclic) bond motifs is 2. The second-order valence-electron chi connectivity index (χ2n) is 5.59. The predicted molar refractivity (Wildman–Crippen MR) is 90.9 cm³/mol. The molecule has 3 aromatic rings. The van der Waals surface area contributed by atoms with Crippen LogP contribution in [0.5, 0.6) is 0 Å². The largest absolute Gasteiger partial charge is 0.312 e. The highest BCUT2D eigenvalue weighted by Gasteiger charge is 2.24. The van der Waals surface area contributed by atoms with E-state index in [0.29, 0.717) is 22.9 Å². The maximum atomic E-state index is 12.5. The van der Waals surface area contributed by atoms with E-state index in [0.717, 1.165) is 11.3 Å². The Hall–Kier alpha value is -2.37. The van der Waals surface area contributed by atoms with Crippen molar-refractivity contribution in [3.05, 3.63) is 35.1 Å². The smallest absolute Gasteiger partial charge is 0.240 e. The Bertz CT molecular complexity index is 1040. The summed E-state index contributed by atoms with van der Waals surface area (Å²) in [6.07, 6.45) is 2.11. The molecule has 0 fully saturated rings. The summed E-state index contributed by atoms with van der Waals surface area (Å²) in [4.78, 5) is 14.0. The number of rotatable bonds is 4. The number of hydrogen-bond acceptors (Lipinski definition) is 7. The van der Waals surface area contributed by atoms with E-state index < -0.39 is 10.0 Å². The van der Waals surface area contributed by atoms with E-state index in [-0.39, 0.29) is 17.3 Å². The molecule has 25 heavy (non-hydrogen) atoms. The van der Waals surface area contributed by atoms with Crippen LogP contribution in [-0.2, 0) is 27.8 Å². The van der Waals surface area contributed by atoms with Crippen molar-refractivity contribution < 1.29 is 13.2 Å². The van der Waals surface area contributed by atoms with E-state index >= 15 is 0 Å². The minimum absolute atomic E-state index is 0.0456. The maximum absolute atomic E-state index is 12.5. The lowest BCUT2D eigenvalue weighted by atomic mass is 10.2. The molecule has 0 spiro atoms. The third-order valence-corrected chi connectivity index (χ3v) is 6.29. The van der Waals surface area contributed by atoms with Crippen LogP contribution in [0.3, 0.4) is 0 Å². The number of sulfonamides is 1. The quantitative estimate of drug-likeness (QED) is 0.711. The molecule has 0 unspecified atom stereocenters. The summed E-state index contributed by atoms with van der Waals surface area (Å²) in [6, 6.07) is 4.82. The lowest BCUT2D eigenvalue weighted by Crippen LogP contribution is -2.26. The normalized spacial score (nSPS) is 14.2. The summed E-state index contributed by atoms with van der Waals surface area (Å²) >= 11 is 1.27. The predicted octanol–water partition coefficient (Wildman–Crippen LogP) is 0.573. The van der Waals surface area contributed by atoms with Gasteiger partial charge in [0.05, 0.1) is 11.4 Å². The molecule has 4 rings (SSSR count). The van der Waals surface area contributed by atoms with Crippen molar-refractivity contribution in [2.75, 3.05) is 11.4 Å². The highest BCUT2D eigenvalue weighted by Crippen LogP contribution is 2.30. The number of carbonyl (C=O) groups excluding carboxylic acids is 1. The van der Waals surface area contributed by atoms with E-state index in [2.05, 4.69) is 20.0 Å². The first-order valence-electron chi connectivity index (χ1n) is 7.50. The van der Waals surface area contributed by atoms with E-state index in [1.54, 1.807) is 17.0 Å². The van der Waals surface area contributed by atoms with Crippen molar-refractivity contribution in [1.82, 2.24) is 24.5 Å². The summed E-state index contributed by atoms with van der Waals surface area (Å²) in [5, 5.41) is 12.4. The monoisotopic (exact) mass is 378 g/mol. The first-order chi connectivity index (χ1) is 11.9. The van der Waals surface area contributed by atoms with Crippen molar-refractivity contribution >= 4 is 37.9 Å². The molecule has 1 amide bonds. The van der Waals surface area contributed by atoms with Gasteiger partial charge < -0.3 is 4.90 Å². The Balaban J connectivity index is 1.54. The van der Waals surface area contributed by atoms with E-state index in [9.17, 15) is 13.2 Å². The molecule has 0 atom stereocenters. The van der Waals surface area contributed by atoms with Gasteiger partial charge >= 0.3 is 0 Å². The molecule has 2 aromatic heterocycles. The molecule has 1 aromatic carbocycles. The van der Waals surface area contributed by atoms with Gasteiger partial charge in [0.2, 0.25) is 20.9 Å². The van der Waals surface area contributed by atoms with Gasteiger partial charge in [0, 0.05) is 19.2 Å². The van der Waals surface area contributed by atoms with Crippen LogP contribution in [0.2, 0.25) is 0 Å². The van der Waals surface area contributed by atoms with Crippen LogP contribution in [0.15, 0.2) is 29.4 Å². The molecule has 1 aliphatic rings.